The number of nitrogens with one attached hydrogen (secondary N) is 1. The first-order valence-electron chi connectivity index (χ1n) is 8.29. The van der Waals surface area contributed by atoms with Gasteiger partial charge in [-0.25, -0.2) is 0 Å². The third-order valence-electron chi connectivity index (χ3n) is 3.38. The van der Waals surface area contributed by atoms with Gasteiger partial charge in [0.05, 0.1) is 19.4 Å². The number of aromatic amines is 1. The molecule has 1 N–H and O–H groups in total. The van der Waals surface area contributed by atoms with Crippen LogP contribution in [0, 0.1) is 4.77 Å². The van der Waals surface area contributed by atoms with Crippen LogP contribution >= 0.6 is 12.2 Å². The summed E-state index contributed by atoms with van der Waals surface area (Å²) >= 11 is 5.19. The topological polar surface area (TPSA) is 64.4 Å². The number of unbranched alkanes of at least 4 members (excludes halogenated alkanes) is 1. The number of aryl methyl sites for hydroxylation is 1. The van der Waals surface area contributed by atoms with E-state index in [1.165, 1.54) is 0 Å². The Bertz CT molecular complexity index is 736. The molecule has 0 aliphatic rings. The molecular formula is C17H24N4O2S. The minimum atomic E-state index is 0.479. The van der Waals surface area contributed by atoms with E-state index in [0.29, 0.717) is 18.0 Å². The predicted octanol–water partition coefficient (Wildman–Crippen LogP) is 3.96. The van der Waals surface area contributed by atoms with Crippen molar-refractivity contribution in [2.24, 2.45) is 5.10 Å². The lowest BCUT2D eigenvalue weighted by molar-refractivity contribution is 0.272. The van der Waals surface area contributed by atoms with Gasteiger partial charge in [0, 0.05) is 6.42 Å². The summed E-state index contributed by atoms with van der Waals surface area (Å²) < 4.78 is 13.6. The molecule has 0 atom stereocenters. The van der Waals surface area contributed by atoms with Gasteiger partial charge >= 0.3 is 0 Å². The molecule has 130 valence electrons. The molecule has 0 aliphatic heterocycles. The van der Waals surface area contributed by atoms with Crippen molar-refractivity contribution in [3.05, 3.63) is 34.4 Å². The highest BCUT2D eigenvalue weighted by atomic mass is 32.1. The zero-order chi connectivity index (χ0) is 17.4. The molecule has 6 nitrogen and oxygen atoms in total. The van der Waals surface area contributed by atoms with Crippen LogP contribution in [0.3, 0.4) is 0 Å². The first-order chi connectivity index (χ1) is 11.7. The van der Waals surface area contributed by atoms with Crippen LogP contribution in [0.25, 0.3) is 0 Å². The highest BCUT2D eigenvalue weighted by Gasteiger charge is 2.06. The number of benzene rings is 1. The second kappa shape index (κ2) is 9.22. The van der Waals surface area contributed by atoms with Crippen LogP contribution in [-0.4, -0.2) is 34.3 Å². The van der Waals surface area contributed by atoms with Gasteiger partial charge in [-0.05, 0) is 49.3 Å². The van der Waals surface area contributed by atoms with Gasteiger partial charge in [0.1, 0.15) is 0 Å². The maximum absolute atomic E-state index is 5.78. The second-order valence-electron chi connectivity index (χ2n) is 5.20. The van der Waals surface area contributed by atoms with Gasteiger partial charge in [0.25, 0.3) is 0 Å². The molecule has 0 spiro atoms. The van der Waals surface area contributed by atoms with Crippen LogP contribution < -0.4 is 9.47 Å². The van der Waals surface area contributed by atoms with E-state index >= 15 is 0 Å². The van der Waals surface area contributed by atoms with Crippen molar-refractivity contribution < 1.29 is 9.47 Å². The number of ether oxygens (including phenoxy) is 2. The zero-order valence-electron chi connectivity index (χ0n) is 14.4. The van der Waals surface area contributed by atoms with Gasteiger partial charge in [-0.2, -0.15) is 14.9 Å². The van der Waals surface area contributed by atoms with Crippen molar-refractivity contribution in [1.82, 2.24) is 14.9 Å². The fourth-order valence-corrected chi connectivity index (χ4v) is 2.31. The summed E-state index contributed by atoms with van der Waals surface area (Å²) in [6.45, 7) is 7.37. The van der Waals surface area contributed by atoms with Gasteiger partial charge in [-0.15, -0.1) is 0 Å². The Balaban J connectivity index is 2.21. The van der Waals surface area contributed by atoms with E-state index < -0.39 is 0 Å². The largest absolute Gasteiger partial charge is 0.490 e. The van der Waals surface area contributed by atoms with E-state index in [-0.39, 0.29) is 0 Å². The second-order valence-corrected chi connectivity index (χ2v) is 5.58. The lowest BCUT2D eigenvalue weighted by atomic mass is 10.2. The number of aromatic nitrogens is 3. The van der Waals surface area contributed by atoms with Crippen LogP contribution in [0.1, 0.15) is 45.0 Å². The van der Waals surface area contributed by atoms with E-state index in [9.17, 15) is 0 Å². The van der Waals surface area contributed by atoms with Crippen molar-refractivity contribution in [2.75, 3.05) is 13.2 Å². The summed E-state index contributed by atoms with van der Waals surface area (Å²) in [7, 11) is 0. The molecule has 1 aromatic carbocycles. The van der Waals surface area contributed by atoms with Crippen molar-refractivity contribution in [3.8, 4) is 11.5 Å². The Labute approximate surface area is 147 Å². The fourth-order valence-electron chi connectivity index (χ4n) is 2.12. The molecule has 0 aliphatic carbocycles. The van der Waals surface area contributed by atoms with Crippen LogP contribution in [-0.2, 0) is 6.42 Å². The number of hydrogen-bond donors (Lipinski definition) is 1. The summed E-state index contributed by atoms with van der Waals surface area (Å²) in [5, 5.41) is 11.3. The lowest BCUT2D eigenvalue weighted by Crippen LogP contribution is -2.02. The van der Waals surface area contributed by atoms with E-state index in [1.54, 1.807) is 10.9 Å². The van der Waals surface area contributed by atoms with Gasteiger partial charge in [-0.3, -0.25) is 5.10 Å². The molecule has 0 bridgehead atoms. The molecular weight excluding hydrogens is 324 g/mol. The standard InChI is InChI=1S/C17H24N4O2S/c1-4-7-10-23-14-9-8-13(11-15(14)22-6-3)12-18-21-16(5-2)19-20-17(21)24/h8-9,11-12H,4-7,10H2,1-3H3,(H,20,24)/b18-12-. The van der Waals surface area contributed by atoms with Gasteiger partial charge in [0.2, 0.25) is 4.77 Å². The summed E-state index contributed by atoms with van der Waals surface area (Å²) in [5.74, 6) is 2.28. The average molecular weight is 348 g/mol. The molecule has 2 aromatic rings. The molecule has 0 fully saturated rings. The Morgan fingerprint density at radius 3 is 2.79 bits per heavy atom. The van der Waals surface area contributed by atoms with Gasteiger partial charge < -0.3 is 9.47 Å². The third kappa shape index (κ3) is 4.67. The minimum Gasteiger partial charge on any atom is -0.490 e. The summed E-state index contributed by atoms with van der Waals surface area (Å²) in [5.41, 5.74) is 0.909. The van der Waals surface area contributed by atoms with E-state index in [0.717, 1.165) is 42.1 Å². The highest BCUT2D eigenvalue weighted by Crippen LogP contribution is 2.28. The van der Waals surface area contributed by atoms with Crippen LogP contribution in [0.4, 0.5) is 0 Å². The monoisotopic (exact) mass is 348 g/mol. The highest BCUT2D eigenvalue weighted by molar-refractivity contribution is 7.71. The van der Waals surface area contributed by atoms with Gasteiger partial charge in [-0.1, -0.05) is 20.3 Å². The Morgan fingerprint density at radius 2 is 2.08 bits per heavy atom. The number of nitrogens with zero attached hydrogens (tertiary/aromatic N) is 3. The maximum atomic E-state index is 5.78. The molecule has 24 heavy (non-hydrogen) atoms. The maximum Gasteiger partial charge on any atom is 0.216 e. The first-order valence-corrected chi connectivity index (χ1v) is 8.70. The normalized spacial score (nSPS) is 11.1. The Hall–Kier alpha value is -2.15. The molecule has 1 aromatic heterocycles. The van der Waals surface area contributed by atoms with Crippen LogP contribution in [0.5, 0.6) is 11.5 Å². The quantitative estimate of drug-likeness (QED) is 0.423. The molecule has 0 radical (unpaired) electrons. The molecule has 2 rings (SSSR count). The van der Waals surface area contributed by atoms with Crippen LogP contribution in [0.2, 0.25) is 0 Å². The smallest absolute Gasteiger partial charge is 0.216 e. The fraction of sp³-hybridized carbons (Fsp3) is 0.471. The van der Waals surface area contributed by atoms with Crippen molar-refractivity contribution >= 4 is 18.4 Å². The Kier molecular flexibility index (Phi) is 6.99. The predicted molar refractivity (Wildman–Crippen MR) is 97.8 cm³/mol. The van der Waals surface area contributed by atoms with Crippen LogP contribution in [0.15, 0.2) is 23.3 Å². The number of hydrogen-bond acceptors (Lipinski definition) is 5. The minimum absolute atomic E-state index is 0.479. The molecule has 1 heterocycles. The molecule has 7 heteroatoms. The molecule has 0 saturated heterocycles. The van der Waals surface area contributed by atoms with E-state index in [1.807, 2.05) is 32.0 Å². The van der Waals surface area contributed by atoms with E-state index in [4.69, 9.17) is 21.7 Å². The average Bonchev–Trinajstić information content (AvgIpc) is 2.95. The first kappa shape index (κ1) is 18.2. The lowest BCUT2D eigenvalue weighted by Gasteiger charge is -2.12. The summed E-state index contributed by atoms with van der Waals surface area (Å²) in [6.07, 6.45) is 4.61. The SMILES string of the molecule is CCCCOc1ccc(/C=N\n2c(CC)n[nH]c2=S)cc1OCC. The number of rotatable bonds is 9. The molecule has 0 unspecified atom stereocenters. The third-order valence-corrected chi connectivity index (χ3v) is 3.64. The van der Waals surface area contributed by atoms with Crippen molar-refractivity contribution in [3.63, 3.8) is 0 Å². The summed E-state index contributed by atoms with van der Waals surface area (Å²) in [6, 6.07) is 5.78. The van der Waals surface area contributed by atoms with Gasteiger partial charge in [0.15, 0.2) is 17.3 Å². The zero-order valence-corrected chi connectivity index (χ0v) is 15.2. The molecule has 0 saturated carbocycles. The summed E-state index contributed by atoms with van der Waals surface area (Å²) in [4.78, 5) is 0. The Morgan fingerprint density at radius 1 is 1.25 bits per heavy atom. The van der Waals surface area contributed by atoms with Crippen molar-refractivity contribution in [2.45, 2.75) is 40.0 Å². The number of H-pyrrole nitrogens is 1. The van der Waals surface area contributed by atoms with E-state index in [2.05, 4.69) is 22.2 Å². The van der Waals surface area contributed by atoms with Crippen molar-refractivity contribution in [1.29, 1.82) is 0 Å². The molecule has 0 amide bonds.